The van der Waals surface area contributed by atoms with Gasteiger partial charge in [0.1, 0.15) is 24.7 Å². The Bertz CT molecular complexity index is 1150. The van der Waals surface area contributed by atoms with Crippen LogP contribution in [0, 0.1) is 4.51 Å². The Kier molecular flexibility index (Phi) is 5.52. The maximum atomic E-state index is 9.19. The molecule has 156 valence electrons. The lowest BCUT2D eigenvalue weighted by Gasteiger charge is -2.23. The van der Waals surface area contributed by atoms with Crippen LogP contribution in [0.5, 0.6) is 5.75 Å². The van der Waals surface area contributed by atoms with Gasteiger partial charge in [0.25, 0.3) is 0 Å². The Morgan fingerprint density at radius 2 is 2.03 bits per heavy atom. The number of aliphatic hydroxyl groups excluding tert-OH is 1. The molecule has 2 N–H and O–H groups in total. The van der Waals surface area contributed by atoms with Gasteiger partial charge >= 0.3 is 0 Å². The van der Waals surface area contributed by atoms with Gasteiger partial charge < -0.3 is 19.1 Å². The molecular weight excluding hydrogens is 420 g/mol. The van der Waals surface area contributed by atoms with Crippen LogP contribution in [0.1, 0.15) is 29.2 Å². The largest absolute Gasteiger partial charge is 0.490 e. The third-order valence-electron chi connectivity index (χ3n) is 5.66. The molecule has 0 saturated carbocycles. The lowest BCUT2D eigenvalue weighted by molar-refractivity contribution is 0.283. The van der Waals surface area contributed by atoms with E-state index in [-0.39, 0.29) is 18.9 Å². The number of halogens is 1. The molecule has 30 heavy (non-hydrogen) atoms. The van der Waals surface area contributed by atoms with Crippen molar-refractivity contribution in [1.82, 2.24) is 9.88 Å². The number of aromatic nitrogens is 1. The third-order valence-corrected chi connectivity index (χ3v) is 6.36. The van der Waals surface area contributed by atoms with Gasteiger partial charge in [0.05, 0.1) is 16.6 Å². The maximum absolute atomic E-state index is 9.19. The van der Waals surface area contributed by atoms with E-state index in [0.717, 1.165) is 62.3 Å². The van der Waals surface area contributed by atoms with Gasteiger partial charge in [-0.05, 0) is 48.2 Å². The number of nitrogens with one attached hydrogen (secondary N) is 1. The summed E-state index contributed by atoms with van der Waals surface area (Å²) in [6.45, 7) is 2.31. The molecule has 0 radical (unpaired) electrons. The first kappa shape index (κ1) is 20.0. The fourth-order valence-corrected chi connectivity index (χ4v) is 4.53. The van der Waals surface area contributed by atoms with Crippen LogP contribution in [-0.4, -0.2) is 29.1 Å². The normalized spacial score (nSPS) is 19.7. The Morgan fingerprint density at radius 3 is 2.83 bits per heavy atom. The zero-order valence-corrected chi connectivity index (χ0v) is 18.0. The molecule has 2 atom stereocenters. The Morgan fingerprint density at radius 1 is 1.20 bits per heavy atom. The number of aryl methyl sites for hydroxylation is 1. The number of pyridine rings is 1. The summed E-state index contributed by atoms with van der Waals surface area (Å²) in [5.74, 6) is 0.874. The maximum Gasteiger partial charge on any atom is 0.143 e. The SMILES string of the molecule is OCCCc1cc2c3c(c1)c(=S)c(C1OC1NCc1ccc(Cl)cc1)cn3CCO2. The minimum atomic E-state index is -0.0514. The number of ether oxygens (including phenoxy) is 2. The first-order valence-corrected chi connectivity index (χ1v) is 11.0. The van der Waals surface area contributed by atoms with Gasteiger partial charge in [-0.25, -0.2) is 0 Å². The van der Waals surface area contributed by atoms with Crippen molar-refractivity contribution < 1.29 is 14.6 Å². The average molecular weight is 443 g/mol. The van der Waals surface area contributed by atoms with Crippen molar-refractivity contribution >= 4 is 34.7 Å². The minimum absolute atomic E-state index is 0.0506. The molecule has 0 spiro atoms. The fourth-order valence-electron chi connectivity index (χ4n) is 4.08. The second-order valence-corrected chi connectivity index (χ2v) is 8.60. The van der Waals surface area contributed by atoms with Crippen LogP contribution in [0.25, 0.3) is 10.9 Å². The van der Waals surface area contributed by atoms with Crippen LogP contribution in [0.4, 0.5) is 0 Å². The predicted molar refractivity (Wildman–Crippen MR) is 120 cm³/mol. The van der Waals surface area contributed by atoms with Crippen molar-refractivity contribution in [2.45, 2.75) is 38.3 Å². The molecule has 0 amide bonds. The molecule has 3 aromatic rings. The van der Waals surface area contributed by atoms with Gasteiger partial charge in [-0.1, -0.05) is 36.0 Å². The van der Waals surface area contributed by atoms with Crippen molar-refractivity contribution in [3.8, 4) is 5.75 Å². The summed E-state index contributed by atoms with van der Waals surface area (Å²) >= 11 is 11.8. The van der Waals surface area contributed by atoms with Crippen molar-refractivity contribution in [3.05, 3.63) is 68.8 Å². The number of hydrogen-bond donors (Lipinski definition) is 2. The van der Waals surface area contributed by atoms with E-state index in [1.54, 1.807) is 0 Å². The zero-order valence-electron chi connectivity index (χ0n) is 16.4. The molecule has 2 aromatic carbocycles. The molecule has 5 nitrogen and oxygen atoms in total. The molecule has 2 aliphatic rings. The van der Waals surface area contributed by atoms with E-state index in [4.69, 9.17) is 33.3 Å². The van der Waals surface area contributed by atoms with Gasteiger partial charge in [0.2, 0.25) is 0 Å². The summed E-state index contributed by atoms with van der Waals surface area (Å²) in [5, 5.41) is 14.4. The zero-order chi connectivity index (χ0) is 20.7. The lowest BCUT2D eigenvalue weighted by atomic mass is 10.0. The highest BCUT2D eigenvalue weighted by Crippen LogP contribution is 2.41. The van der Waals surface area contributed by atoms with Crippen LogP contribution in [0.3, 0.4) is 0 Å². The molecule has 1 aromatic heterocycles. The fraction of sp³-hybridized carbons (Fsp3) is 0.348. The van der Waals surface area contributed by atoms with Crippen LogP contribution in [0.15, 0.2) is 42.6 Å². The van der Waals surface area contributed by atoms with Crippen molar-refractivity contribution in [1.29, 1.82) is 0 Å². The number of epoxide rings is 1. The molecule has 2 aliphatic heterocycles. The first-order chi connectivity index (χ1) is 14.6. The predicted octanol–water partition coefficient (Wildman–Crippen LogP) is 4.53. The number of rotatable bonds is 7. The van der Waals surface area contributed by atoms with Gasteiger partial charge in [0.15, 0.2) is 0 Å². The number of hydrogen-bond acceptors (Lipinski definition) is 5. The van der Waals surface area contributed by atoms with E-state index in [1.807, 2.05) is 24.3 Å². The van der Waals surface area contributed by atoms with E-state index in [2.05, 4.69) is 28.2 Å². The standard InChI is InChI=1S/C23H23ClN2O3S/c24-16-5-3-14(4-6-16)12-25-23-21(29-23)18-13-26-7-9-28-19-11-15(2-1-8-27)10-17(20(19)26)22(18)30/h3-6,10-11,13,21,23,25,27H,1-2,7-9,12H2. The smallest absolute Gasteiger partial charge is 0.143 e. The Balaban J connectivity index is 1.42. The highest BCUT2D eigenvalue weighted by atomic mass is 35.5. The van der Waals surface area contributed by atoms with Crippen molar-refractivity contribution in [2.75, 3.05) is 13.2 Å². The first-order valence-electron chi connectivity index (χ1n) is 10.2. The average Bonchev–Trinajstić information content (AvgIpc) is 3.53. The van der Waals surface area contributed by atoms with E-state index < -0.39 is 0 Å². The molecule has 1 fully saturated rings. The van der Waals surface area contributed by atoms with E-state index >= 15 is 0 Å². The van der Waals surface area contributed by atoms with Crippen molar-refractivity contribution in [3.63, 3.8) is 0 Å². The lowest BCUT2D eigenvalue weighted by Crippen LogP contribution is -2.19. The number of benzene rings is 2. The summed E-state index contributed by atoms with van der Waals surface area (Å²) in [5.41, 5.74) is 4.38. The molecular formula is C23H23ClN2O3S. The van der Waals surface area contributed by atoms with Gasteiger partial charge in [-0.3, -0.25) is 5.32 Å². The second kappa shape index (κ2) is 8.29. The van der Waals surface area contributed by atoms with E-state index in [1.165, 1.54) is 0 Å². The van der Waals surface area contributed by atoms with Gasteiger partial charge in [-0.15, -0.1) is 0 Å². The number of nitrogens with zero attached hydrogens (tertiary/aromatic N) is 1. The minimum Gasteiger partial charge on any atom is -0.490 e. The third kappa shape index (κ3) is 3.86. The molecule has 7 heteroatoms. The molecule has 1 saturated heterocycles. The molecule has 0 bridgehead atoms. The summed E-state index contributed by atoms with van der Waals surface area (Å²) in [6.07, 6.45) is 3.54. The Labute approximate surface area is 185 Å². The van der Waals surface area contributed by atoms with Crippen molar-refractivity contribution in [2.24, 2.45) is 0 Å². The van der Waals surface area contributed by atoms with Crippen LogP contribution >= 0.6 is 23.8 Å². The van der Waals surface area contributed by atoms with Gasteiger partial charge in [-0.2, -0.15) is 0 Å². The summed E-state index contributed by atoms with van der Waals surface area (Å²) in [7, 11) is 0. The summed E-state index contributed by atoms with van der Waals surface area (Å²) < 4.78 is 14.9. The Hall–Kier alpha value is -1.96. The second-order valence-electron chi connectivity index (χ2n) is 7.76. The highest BCUT2D eigenvalue weighted by Gasteiger charge is 2.41. The molecule has 2 unspecified atom stereocenters. The molecule has 5 rings (SSSR count). The number of aliphatic hydroxyl groups is 1. The van der Waals surface area contributed by atoms with Crippen LogP contribution in [-0.2, 0) is 24.2 Å². The van der Waals surface area contributed by atoms with Crippen LogP contribution < -0.4 is 10.1 Å². The van der Waals surface area contributed by atoms with Gasteiger partial charge in [0, 0.05) is 35.3 Å². The topological polar surface area (TPSA) is 59.0 Å². The molecule has 0 aliphatic carbocycles. The quantitative estimate of drug-likeness (QED) is 0.416. The van der Waals surface area contributed by atoms with Crippen LogP contribution in [0.2, 0.25) is 5.02 Å². The van der Waals surface area contributed by atoms with E-state index in [9.17, 15) is 5.11 Å². The monoisotopic (exact) mass is 442 g/mol. The highest BCUT2D eigenvalue weighted by molar-refractivity contribution is 7.71. The summed E-state index contributed by atoms with van der Waals surface area (Å²) in [6, 6.07) is 12.0. The van der Waals surface area contributed by atoms with E-state index in [0.29, 0.717) is 13.2 Å². The summed E-state index contributed by atoms with van der Waals surface area (Å²) in [4.78, 5) is 0. The molecule has 3 heterocycles.